The number of nitrogens with zero attached hydrogens (tertiary/aromatic N) is 1. The first kappa shape index (κ1) is 18.8. The Balaban J connectivity index is 1.88. The molecule has 0 spiro atoms. The Morgan fingerprint density at radius 3 is 2.64 bits per heavy atom. The van der Waals surface area contributed by atoms with E-state index in [1.807, 2.05) is 6.07 Å². The number of amides is 2. The largest absolute Gasteiger partial charge is 0.496 e. The van der Waals surface area contributed by atoms with Gasteiger partial charge in [0, 0.05) is 22.2 Å². The van der Waals surface area contributed by atoms with Crippen molar-refractivity contribution >= 4 is 41.2 Å². The average molecular weight is 380 g/mol. The smallest absolute Gasteiger partial charge is 0.329 e. The quantitative estimate of drug-likeness (QED) is 0.476. The molecule has 0 atom stereocenters. The molecule has 2 N–H and O–H groups in total. The normalized spacial score (nSPS) is 10.5. The average Bonchev–Trinajstić information content (AvgIpc) is 2.61. The zero-order valence-corrected chi connectivity index (χ0v) is 14.8. The molecule has 8 heteroatoms. The van der Waals surface area contributed by atoms with E-state index in [0.29, 0.717) is 26.9 Å². The summed E-state index contributed by atoms with van der Waals surface area (Å²) in [6.07, 6.45) is 1.39. The van der Waals surface area contributed by atoms with Crippen molar-refractivity contribution in [2.24, 2.45) is 5.10 Å². The lowest BCUT2D eigenvalue weighted by Crippen LogP contribution is -2.37. The predicted octanol–water partition coefficient (Wildman–Crippen LogP) is 2.77. The van der Waals surface area contributed by atoms with Crippen molar-refractivity contribution in [3.63, 3.8) is 0 Å². The zero-order chi connectivity index (χ0) is 18.2. The lowest BCUT2D eigenvalue weighted by molar-refractivity contribution is -0.139. The van der Waals surface area contributed by atoms with E-state index in [2.05, 4.69) is 15.8 Å². The number of benzene rings is 2. The van der Waals surface area contributed by atoms with E-state index in [-0.39, 0.29) is 6.54 Å². The summed E-state index contributed by atoms with van der Waals surface area (Å²) in [6.45, 7) is 0.0957. The molecule has 2 rings (SSSR count). The van der Waals surface area contributed by atoms with Crippen LogP contribution in [0.1, 0.15) is 11.1 Å². The lowest BCUT2D eigenvalue weighted by Gasteiger charge is -2.06. The fraction of sp³-hybridized carbons (Fsp3) is 0.118. The van der Waals surface area contributed by atoms with Crippen molar-refractivity contribution in [3.05, 3.63) is 63.6 Å². The number of hydrogen-bond donors (Lipinski definition) is 2. The van der Waals surface area contributed by atoms with Crippen molar-refractivity contribution in [2.75, 3.05) is 7.11 Å². The third-order valence-corrected chi connectivity index (χ3v) is 3.76. The Morgan fingerprint density at radius 1 is 1.16 bits per heavy atom. The first-order valence-electron chi connectivity index (χ1n) is 7.19. The maximum atomic E-state index is 11.8. The van der Waals surface area contributed by atoms with Crippen LogP contribution in [0.3, 0.4) is 0 Å². The van der Waals surface area contributed by atoms with Gasteiger partial charge in [0.15, 0.2) is 0 Å². The molecule has 0 aliphatic heterocycles. The zero-order valence-electron chi connectivity index (χ0n) is 13.3. The molecule has 2 aromatic rings. The van der Waals surface area contributed by atoms with Gasteiger partial charge in [-0.05, 0) is 29.8 Å². The number of hydrogen-bond acceptors (Lipinski definition) is 4. The number of carbonyl (C=O) groups excluding carboxylic acids is 2. The molecule has 0 unspecified atom stereocenters. The Bertz CT molecular complexity index is 809. The molecule has 0 fully saturated rings. The molecule has 0 aromatic heterocycles. The molecular formula is C17H15Cl2N3O3. The highest BCUT2D eigenvalue weighted by molar-refractivity contribution is 6.36. The number of nitrogens with one attached hydrogen (secondary N) is 2. The van der Waals surface area contributed by atoms with Crippen LogP contribution in [-0.2, 0) is 16.1 Å². The molecule has 25 heavy (non-hydrogen) atoms. The number of carbonyl (C=O) groups is 2. The van der Waals surface area contributed by atoms with Gasteiger partial charge in [-0.25, -0.2) is 5.43 Å². The van der Waals surface area contributed by atoms with Crippen LogP contribution in [0.2, 0.25) is 10.0 Å². The summed E-state index contributed by atoms with van der Waals surface area (Å²) >= 11 is 11.8. The second-order valence-corrected chi connectivity index (χ2v) is 5.70. The molecule has 0 saturated carbocycles. The van der Waals surface area contributed by atoms with Gasteiger partial charge in [-0.1, -0.05) is 41.4 Å². The van der Waals surface area contributed by atoms with Crippen LogP contribution < -0.4 is 15.5 Å². The molecular weight excluding hydrogens is 365 g/mol. The number of ether oxygens (including phenoxy) is 1. The number of para-hydroxylation sites is 1. The van der Waals surface area contributed by atoms with Crippen molar-refractivity contribution in [2.45, 2.75) is 6.54 Å². The van der Waals surface area contributed by atoms with Gasteiger partial charge in [-0.15, -0.1) is 0 Å². The van der Waals surface area contributed by atoms with Gasteiger partial charge in [0.1, 0.15) is 5.75 Å². The second kappa shape index (κ2) is 9.05. The van der Waals surface area contributed by atoms with Crippen molar-refractivity contribution in [1.82, 2.24) is 10.7 Å². The topological polar surface area (TPSA) is 79.8 Å². The Morgan fingerprint density at radius 2 is 1.92 bits per heavy atom. The minimum absolute atomic E-state index is 0.0957. The fourth-order valence-corrected chi connectivity index (χ4v) is 2.38. The molecule has 130 valence electrons. The Kier molecular flexibility index (Phi) is 6.80. The first-order valence-corrected chi connectivity index (χ1v) is 7.95. The van der Waals surface area contributed by atoms with E-state index >= 15 is 0 Å². The predicted molar refractivity (Wildman–Crippen MR) is 97.0 cm³/mol. The van der Waals surface area contributed by atoms with Gasteiger partial charge in [0.05, 0.1) is 13.3 Å². The summed E-state index contributed by atoms with van der Waals surface area (Å²) in [5.74, 6) is -1.12. The number of halogens is 2. The SMILES string of the molecule is COc1ccccc1/C=N\NC(=O)C(=O)NCc1ccc(Cl)cc1Cl. The molecule has 0 bridgehead atoms. The van der Waals surface area contributed by atoms with Crippen molar-refractivity contribution < 1.29 is 14.3 Å². The van der Waals surface area contributed by atoms with Gasteiger partial charge < -0.3 is 10.1 Å². The van der Waals surface area contributed by atoms with Gasteiger partial charge in [-0.2, -0.15) is 5.10 Å². The van der Waals surface area contributed by atoms with Crippen LogP contribution >= 0.6 is 23.2 Å². The standard InChI is InChI=1S/C17H15Cl2N3O3/c1-25-15-5-3-2-4-12(15)10-21-22-17(24)16(23)20-9-11-6-7-13(18)8-14(11)19/h2-8,10H,9H2,1H3,(H,20,23)(H,22,24)/b21-10-. The van der Waals surface area contributed by atoms with Crippen LogP contribution in [0, 0.1) is 0 Å². The Labute approximate surface area is 154 Å². The van der Waals surface area contributed by atoms with Crippen LogP contribution in [0.4, 0.5) is 0 Å². The highest BCUT2D eigenvalue weighted by Gasteiger charge is 2.13. The van der Waals surface area contributed by atoms with E-state index in [4.69, 9.17) is 27.9 Å². The summed E-state index contributed by atoms with van der Waals surface area (Å²) in [7, 11) is 1.53. The summed E-state index contributed by atoms with van der Waals surface area (Å²) in [5, 5.41) is 7.09. The maximum Gasteiger partial charge on any atom is 0.329 e. The monoisotopic (exact) mass is 379 g/mol. The van der Waals surface area contributed by atoms with E-state index in [1.54, 1.807) is 36.4 Å². The summed E-state index contributed by atoms with van der Waals surface area (Å²) in [5.41, 5.74) is 3.46. The highest BCUT2D eigenvalue weighted by atomic mass is 35.5. The molecule has 0 saturated heterocycles. The van der Waals surface area contributed by atoms with Crippen LogP contribution in [0.25, 0.3) is 0 Å². The number of rotatable bonds is 5. The molecule has 2 aromatic carbocycles. The molecule has 0 aliphatic rings. The van der Waals surface area contributed by atoms with Gasteiger partial charge >= 0.3 is 11.8 Å². The maximum absolute atomic E-state index is 11.8. The van der Waals surface area contributed by atoms with E-state index in [0.717, 1.165) is 0 Å². The van der Waals surface area contributed by atoms with Crippen molar-refractivity contribution in [3.8, 4) is 5.75 Å². The van der Waals surface area contributed by atoms with Crippen LogP contribution in [0.5, 0.6) is 5.75 Å². The minimum atomic E-state index is -0.892. The summed E-state index contributed by atoms with van der Waals surface area (Å²) in [4.78, 5) is 23.5. The Hall–Kier alpha value is -2.57. The number of methoxy groups -OCH3 is 1. The molecule has 6 nitrogen and oxygen atoms in total. The first-order chi connectivity index (χ1) is 12.0. The molecule has 2 amide bonds. The lowest BCUT2D eigenvalue weighted by atomic mass is 10.2. The minimum Gasteiger partial charge on any atom is -0.496 e. The third-order valence-electron chi connectivity index (χ3n) is 3.17. The van der Waals surface area contributed by atoms with Gasteiger partial charge in [0.2, 0.25) is 0 Å². The molecule has 0 aliphatic carbocycles. The van der Waals surface area contributed by atoms with Gasteiger partial charge in [-0.3, -0.25) is 9.59 Å². The second-order valence-electron chi connectivity index (χ2n) is 4.86. The summed E-state index contributed by atoms with van der Waals surface area (Å²) < 4.78 is 5.15. The van der Waals surface area contributed by atoms with E-state index < -0.39 is 11.8 Å². The van der Waals surface area contributed by atoms with E-state index in [9.17, 15) is 9.59 Å². The molecule has 0 radical (unpaired) electrons. The molecule has 0 heterocycles. The van der Waals surface area contributed by atoms with Crippen molar-refractivity contribution in [1.29, 1.82) is 0 Å². The summed E-state index contributed by atoms with van der Waals surface area (Å²) in [6, 6.07) is 12.0. The third kappa shape index (κ3) is 5.48. The van der Waals surface area contributed by atoms with Gasteiger partial charge in [0.25, 0.3) is 0 Å². The highest BCUT2D eigenvalue weighted by Crippen LogP contribution is 2.20. The van der Waals surface area contributed by atoms with E-state index in [1.165, 1.54) is 13.3 Å². The number of hydrazone groups is 1. The fourth-order valence-electron chi connectivity index (χ4n) is 1.91. The van der Waals surface area contributed by atoms with Crippen LogP contribution in [0.15, 0.2) is 47.6 Å². The van der Waals surface area contributed by atoms with Crippen LogP contribution in [-0.4, -0.2) is 25.1 Å².